The summed E-state index contributed by atoms with van der Waals surface area (Å²) in [6.07, 6.45) is 5.51. The number of benzene rings is 1. The molecule has 0 radical (unpaired) electrons. The fraction of sp³-hybridized carbons (Fsp3) is 0.636. The Kier molecular flexibility index (Phi) is 9.52. The topological polar surface area (TPSA) is 66.0 Å². The van der Waals surface area contributed by atoms with E-state index in [0.29, 0.717) is 12.5 Å². The van der Waals surface area contributed by atoms with Crippen molar-refractivity contribution >= 4 is 35.8 Å². The van der Waals surface area contributed by atoms with Crippen LogP contribution in [-0.4, -0.2) is 55.6 Å². The molecule has 1 saturated heterocycles. The molecule has 2 fully saturated rings. The molecule has 0 spiro atoms. The van der Waals surface area contributed by atoms with E-state index in [2.05, 4.69) is 28.6 Å². The van der Waals surface area contributed by atoms with Gasteiger partial charge in [-0.05, 0) is 50.8 Å². The van der Waals surface area contributed by atoms with Crippen molar-refractivity contribution in [2.45, 2.75) is 58.1 Å². The molecule has 0 aromatic heterocycles. The smallest absolute Gasteiger partial charge is 0.225 e. The van der Waals surface area contributed by atoms with Gasteiger partial charge in [0.05, 0.1) is 6.54 Å². The van der Waals surface area contributed by atoms with E-state index in [-0.39, 0.29) is 42.0 Å². The number of aliphatic imine (C=N–C) groups is 1. The minimum absolute atomic E-state index is 0. The van der Waals surface area contributed by atoms with Crippen LogP contribution in [0.2, 0.25) is 0 Å². The minimum Gasteiger partial charge on any atom is -0.489 e. The molecule has 1 aliphatic heterocycles. The molecule has 1 heterocycles. The molecule has 2 aliphatic rings. The Labute approximate surface area is 191 Å². The molecule has 1 amide bonds. The lowest BCUT2D eigenvalue weighted by molar-refractivity contribution is -0.134. The first-order chi connectivity index (χ1) is 13.5. The molecule has 2 N–H and O–H groups in total. The number of guanidine groups is 1. The number of hydrogen-bond acceptors (Lipinski definition) is 3. The molecule has 0 bridgehead atoms. The van der Waals surface area contributed by atoms with E-state index in [1.807, 2.05) is 30.0 Å². The van der Waals surface area contributed by atoms with E-state index in [0.717, 1.165) is 44.1 Å². The number of ether oxygens (including phenoxy) is 1. The molecule has 3 rings (SSSR count). The summed E-state index contributed by atoms with van der Waals surface area (Å²) in [7, 11) is 1.78. The van der Waals surface area contributed by atoms with Crippen LogP contribution in [-0.2, 0) is 4.79 Å². The predicted molar refractivity (Wildman–Crippen MR) is 128 cm³/mol. The van der Waals surface area contributed by atoms with Gasteiger partial charge in [-0.15, -0.1) is 24.0 Å². The molecule has 7 heteroatoms. The van der Waals surface area contributed by atoms with Gasteiger partial charge >= 0.3 is 0 Å². The van der Waals surface area contributed by atoms with Gasteiger partial charge in [0.15, 0.2) is 5.96 Å². The van der Waals surface area contributed by atoms with Gasteiger partial charge in [-0.1, -0.05) is 25.0 Å². The van der Waals surface area contributed by atoms with Crippen LogP contribution in [0.5, 0.6) is 5.75 Å². The van der Waals surface area contributed by atoms with Gasteiger partial charge in [0, 0.05) is 32.1 Å². The highest BCUT2D eigenvalue weighted by molar-refractivity contribution is 14.0. The maximum absolute atomic E-state index is 12.6. The molecule has 1 aromatic rings. The molecular weight excluding hydrogens is 479 g/mol. The number of carbonyl (C=O) groups excluding carboxylic acids is 1. The fourth-order valence-electron chi connectivity index (χ4n) is 4.10. The van der Waals surface area contributed by atoms with Crippen molar-refractivity contribution in [1.29, 1.82) is 0 Å². The van der Waals surface area contributed by atoms with Crippen LogP contribution in [0.1, 0.15) is 44.6 Å². The van der Waals surface area contributed by atoms with Crippen molar-refractivity contribution in [2.24, 2.45) is 10.9 Å². The molecule has 1 saturated carbocycles. The van der Waals surface area contributed by atoms with Crippen molar-refractivity contribution in [3.05, 3.63) is 29.8 Å². The van der Waals surface area contributed by atoms with Crippen molar-refractivity contribution < 1.29 is 9.53 Å². The third kappa shape index (κ3) is 7.04. The summed E-state index contributed by atoms with van der Waals surface area (Å²) >= 11 is 0. The van der Waals surface area contributed by atoms with Gasteiger partial charge in [0.2, 0.25) is 5.91 Å². The summed E-state index contributed by atoms with van der Waals surface area (Å²) in [5, 5.41) is 6.80. The van der Waals surface area contributed by atoms with E-state index < -0.39 is 0 Å². The van der Waals surface area contributed by atoms with E-state index in [9.17, 15) is 4.79 Å². The number of hydrogen-bond donors (Lipinski definition) is 2. The van der Waals surface area contributed by atoms with Crippen LogP contribution < -0.4 is 15.4 Å². The summed E-state index contributed by atoms with van der Waals surface area (Å²) in [4.78, 5) is 19.0. The number of amides is 1. The lowest BCUT2D eigenvalue weighted by Crippen LogP contribution is -2.47. The third-order valence-electron chi connectivity index (χ3n) is 5.65. The van der Waals surface area contributed by atoms with E-state index in [1.165, 1.54) is 18.4 Å². The minimum atomic E-state index is 0. The van der Waals surface area contributed by atoms with Gasteiger partial charge in [-0.2, -0.15) is 0 Å². The van der Waals surface area contributed by atoms with Crippen LogP contribution in [0.3, 0.4) is 0 Å². The van der Waals surface area contributed by atoms with E-state index in [4.69, 9.17) is 4.74 Å². The second-order valence-corrected chi connectivity index (χ2v) is 8.09. The highest BCUT2D eigenvalue weighted by Gasteiger charge is 2.32. The van der Waals surface area contributed by atoms with Gasteiger partial charge in [-0.3, -0.25) is 9.79 Å². The van der Waals surface area contributed by atoms with Crippen molar-refractivity contribution in [2.75, 3.05) is 26.7 Å². The van der Waals surface area contributed by atoms with Gasteiger partial charge in [0.1, 0.15) is 11.9 Å². The Morgan fingerprint density at radius 3 is 2.76 bits per heavy atom. The summed E-state index contributed by atoms with van der Waals surface area (Å²) in [5.74, 6) is 2.26. The van der Waals surface area contributed by atoms with Gasteiger partial charge in [0.25, 0.3) is 0 Å². The maximum atomic E-state index is 12.6. The van der Waals surface area contributed by atoms with Crippen LogP contribution in [0, 0.1) is 12.8 Å². The first-order valence-corrected chi connectivity index (χ1v) is 10.5. The highest BCUT2D eigenvalue weighted by atomic mass is 127. The predicted octanol–water partition coefficient (Wildman–Crippen LogP) is 3.34. The van der Waals surface area contributed by atoms with Crippen molar-refractivity contribution in [3.8, 4) is 5.75 Å². The maximum Gasteiger partial charge on any atom is 0.225 e. The first-order valence-electron chi connectivity index (χ1n) is 10.5. The zero-order valence-electron chi connectivity index (χ0n) is 17.8. The lowest BCUT2D eigenvalue weighted by Gasteiger charge is -2.22. The highest BCUT2D eigenvalue weighted by Crippen LogP contribution is 2.27. The van der Waals surface area contributed by atoms with Crippen molar-refractivity contribution in [3.63, 3.8) is 0 Å². The molecular formula is C22H35IN4O2. The number of halogens is 1. The fourth-order valence-corrected chi connectivity index (χ4v) is 4.10. The second-order valence-electron chi connectivity index (χ2n) is 8.09. The van der Waals surface area contributed by atoms with Gasteiger partial charge < -0.3 is 20.3 Å². The SMILES string of the molecule is CN=C(NCC(C)Oc1cccc(C)c1)NC1CCN(C(=O)C2CCCC2)C1.I. The number of rotatable bonds is 6. The largest absolute Gasteiger partial charge is 0.489 e. The van der Waals surface area contributed by atoms with Crippen LogP contribution >= 0.6 is 24.0 Å². The zero-order valence-corrected chi connectivity index (χ0v) is 20.1. The Hall–Kier alpha value is -1.51. The lowest BCUT2D eigenvalue weighted by atomic mass is 10.1. The summed E-state index contributed by atoms with van der Waals surface area (Å²) in [6, 6.07) is 8.33. The Morgan fingerprint density at radius 1 is 1.31 bits per heavy atom. The normalized spacial score (nSPS) is 20.9. The summed E-state index contributed by atoms with van der Waals surface area (Å²) in [5.41, 5.74) is 1.19. The molecule has 6 nitrogen and oxygen atoms in total. The average molecular weight is 514 g/mol. The number of aryl methyl sites for hydroxylation is 1. The van der Waals surface area contributed by atoms with E-state index in [1.54, 1.807) is 7.05 Å². The Morgan fingerprint density at radius 2 is 2.07 bits per heavy atom. The van der Waals surface area contributed by atoms with Crippen molar-refractivity contribution in [1.82, 2.24) is 15.5 Å². The summed E-state index contributed by atoms with van der Waals surface area (Å²) < 4.78 is 5.97. The quantitative estimate of drug-likeness (QED) is 0.347. The molecule has 2 unspecified atom stereocenters. The molecule has 2 atom stereocenters. The number of nitrogens with zero attached hydrogens (tertiary/aromatic N) is 2. The number of nitrogens with one attached hydrogen (secondary N) is 2. The van der Waals surface area contributed by atoms with Crippen LogP contribution in [0.4, 0.5) is 0 Å². The Balaban J connectivity index is 0.00000300. The standard InChI is InChI=1S/C22H34N4O2.HI/c1-16-7-6-10-20(13-16)28-17(2)14-24-22(23-3)25-19-11-12-26(15-19)21(27)18-8-4-5-9-18;/h6-7,10,13,17-19H,4-5,8-9,11-12,14-15H2,1-3H3,(H2,23,24,25);1H. The third-order valence-corrected chi connectivity index (χ3v) is 5.65. The van der Waals surface area contributed by atoms with Crippen LogP contribution in [0.25, 0.3) is 0 Å². The van der Waals surface area contributed by atoms with Gasteiger partial charge in [-0.25, -0.2) is 0 Å². The molecule has 1 aromatic carbocycles. The second kappa shape index (κ2) is 11.6. The zero-order chi connectivity index (χ0) is 19.9. The van der Waals surface area contributed by atoms with Crippen LogP contribution in [0.15, 0.2) is 29.3 Å². The summed E-state index contributed by atoms with van der Waals surface area (Å²) in [6.45, 7) is 6.37. The number of carbonyl (C=O) groups is 1. The monoisotopic (exact) mass is 514 g/mol. The molecule has 29 heavy (non-hydrogen) atoms. The molecule has 1 aliphatic carbocycles. The van der Waals surface area contributed by atoms with E-state index >= 15 is 0 Å². The number of likely N-dealkylation sites (tertiary alicyclic amines) is 1. The average Bonchev–Trinajstić information content (AvgIpc) is 3.36. The first kappa shape index (κ1) is 23.8. The Bertz CT molecular complexity index is 691. The molecule has 162 valence electrons.